The smallest absolute Gasteiger partial charge is 0.322 e. The third-order valence-corrected chi connectivity index (χ3v) is 7.07. The fraction of sp³-hybridized carbons (Fsp3) is 0.545. The van der Waals surface area contributed by atoms with Gasteiger partial charge >= 0.3 is 5.97 Å². The van der Waals surface area contributed by atoms with E-state index in [1.807, 2.05) is 0 Å². The van der Waals surface area contributed by atoms with Crippen molar-refractivity contribution < 1.29 is 22.7 Å². The summed E-state index contributed by atoms with van der Waals surface area (Å²) >= 11 is 0. The zero-order valence-corrected chi connectivity index (χ0v) is 19.3. The highest BCUT2D eigenvalue weighted by Gasteiger charge is 2.56. The van der Waals surface area contributed by atoms with E-state index in [1.165, 1.54) is 13.2 Å². The maximum atomic E-state index is 12.8. The third kappa shape index (κ3) is 6.78. The standard InChI is InChI=1S/C22H34N4O5S/c1-3-16-15-22(16,24)21(28)26-32(29,30)19-13-9-8-12-18(19)25-14-10-6-4-5-7-11-17(23)20(27)31-2/h3,8-9,12-13,16-17,25H,1,4-7,10-11,14-15,23-24H2,2H3,(H,26,28)/t16-,17+,22-/m1/s1. The van der Waals surface area contributed by atoms with Gasteiger partial charge < -0.3 is 21.5 Å². The highest BCUT2D eigenvalue weighted by Crippen LogP contribution is 2.42. The summed E-state index contributed by atoms with van der Waals surface area (Å²) in [6.07, 6.45) is 7.12. The van der Waals surface area contributed by atoms with Gasteiger partial charge in [0.1, 0.15) is 16.5 Å². The summed E-state index contributed by atoms with van der Waals surface area (Å²) in [4.78, 5) is 23.6. The Balaban J connectivity index is 1.78. The van der Waals surface area contributed by atoms with Crippen LogP contribution in [0.5, 0.6) is 0 Å². The van der Waals surface area contributed by atoms with Crippen molar-refractivity contribution in [2.75, 3.05) is 19.0 Å². The molecule has 0 aliphatic heterocycles. The van der Waals surface area contributed by atoms with Crippen molar-refractivity contribution in [3.05, 3.63) is 36.9 Å². The molecule has 1 aromatic rings. The summed E-state index contributed by atoms with van der Waals surface area (Å²) in [5.41, 5.74) is 10.9. The molecule has 1 fully saturated rings. The molecule has 0 saturated heterocycles. The van der Waals surface area contributed by atoms with Gasteiger partial charge in [-0.1, -0.05) is 43.9 Å². The van der Waals surface area contributed by atoms with Crippen LogP contribution in [0, 0.1) is 5.92 Å². The van der Waals surface area contributed by atoms with Gasteiger partial charge in [0.25, 0.3) is 15.9 Å². The topological polar surface area (TPSA) is 154 Å². The van der Waals surface area contributed by atoms with Crippen molar-refractivity contribution in [1.82, 2.24) is 4.72 Å². The van der Waals surface area contributed by atoms with E-state index in [0.29, 0.717) is 25.1 Å². The number of hydrogen-bond donors (Lipinski definition) is 4. The van der Waals surface area contributed by atoms with Crippen LogP contribution < -0.4 is 21.5 Å². The largest absolute Gasteiger partial charge is 0.468 e. The van der Waals surface area contributed by atoms with Crippen molar-refractivity contribution >= 4 is 27.6 Å². The minimum atomic E-state index is -4.06. The van der Waals surface area contributed by atoms with Crippen LogP contribution >= 0.6 is 0 Å². The van der Waals surface area contributed by atoms with Gasteiger partial charge in [0, 0.05) is 12.5 Å². The van der Waals surface area contributed by atoms with E-state index < -0.39 is 33.5 Å². The number of ether oxygens (including phenoxy) is 1. The summed E-state index contributed by atoms with van der Waals surface area (Å²) in [5.74, 6) is -1.33. The molecule has 0 heterocycles. The number of unbranched alkanes of at least 4 members (excludes halogenated alkanes) is 4. The normalized spacial score (nSPS) is 20.8. The van der Waals surface area contributed by atoms with Crippen LogP contribution in [0.3, 0.4) is 0 Å². The first-order valence-corrected chi connectivity index (χ1v) is 12.3. The van der Waals surface area contributed by atoms with Gasteiger partial charge in [0.2, 0.25) is 0 Å². The molecule has 0 aromatic heterocycles. The highest BCUT2D eigenvalue weighted by molar-refractivity contribution is 7.90. The van der Waals surface area contributed by atoms with Crippen LogP contribution in [0.1, 0.15) is 44.9 Å². The minimum Gasteiger partial charge on any atom is -0.468 e. The number of methoxy groups -OCH3 is 1. The molecule has 1 amide bonds. The van der Waals surface area contributed by atoms with Crippen LogP contribution in [0.25, 0.3) is 0 Å². The Morgan fingerprint density at radius 3 is 2.56 bits per heavy atom. The van der Waals surface area contributed by atoms with E-state index in [0.717, 1.165) is 32.1 Å². The average Bonchev–Trinajstić information content (AvgIpc) is 3.46. The molecule has 6 N–H and O–H groups in total. The summed E-state index contributed by atoms with van der Waals surface area (Å²) in [6, 6.07) is 5.87. The van der Waals surface area contributed by atoms with E-state index >= 15 is 0 Å². The first-order valence-electron chi connectivity index (χ1n) is 10.8. The van der Waals surface area contributed by atoms with E-state index in [4.69, 9.17) is 11.5 Å². The number of esters is 1. The summed E-state index contributed by atoms with van der Waals surface area (Å²) < 4.78 is 32.2. The fourth-order valence-electron chi connectivity index (χ4n) is 3.49. The predicted molar refractivity (Wildman–Crippen MR) is 123 cm³/mol. The van der Waals surface area contributed by atoms with Crippen LogP contribution in [0.2, 0.25) is 0 Å². The lowest BCUT2D eigenvalue weighted by molar-refractivity contribution is -0.142. The number of anilines is 1. The Bertz CT molecular complexity index is 921. The van der Waals surface area contributed by atoms with Crippen molar-refractivity contribution in [1.29, 1.82) is 0 Å². The zero-order valence-electron chi connectivity index (χ0n) is 18.5. The second kappa shape index (κ2) is 11.4. The number of carbonyl (C=O) groups excluding carboxylic acids is 2. The average molecular weight is 467 g/mol. The maximum Gasteiger partial charge on any atom is 0.322 e. The van der Waals surface area contributed by atoms with Gasteiger partial charge in [-0.15, -0.1) is 6.58 Å². The molecule has 178 valence electrons. The number of hydrogen-bond acceptors (Lipinski definition) is 8. The maximum absolute atomic E-state index is 12.8. The highest BCUT2D eigenvalue weighted by atomic mass is 32.2. The zero-order chi connectivity index (χ0) is 23.8. The van der Waals surface area contributed by atoms with E-state index in [-0.39, 0.29) is 10.8 Å². The van der Waals surface area contributed by atoms with Gasteiger partial charge in [-0.05, 0) is 31.4 Å². The van der Waals surface area contributed by atoms with Crippen molar-refractivity contribution in [2.45, 2.75) is 61.4 Å². The molecule has 0 unspecified atom stereocenters. The summed E-state index contributed by atoms with van der Waals surface area (Å²) in [5, 5.41) is 3.14. The van der Waals surface area contributed by atoms with Gasteiger partial charge in [-0.3, -0.25) is 9.59 Å². The molecule has 32 heavy (non-hydrogen) atoms. The van der Waals surface area contributed by atoms with E-state index in [9.17, 15) is 18.0 Å². The molecule has 0 bridgehead atoms. The molecule has 1 saturated carbocycles. The quantitative estimate of drug-likeness (QED) is 0.183. The van der Waals surface area contributed by atoms with Crippen LogP contribution in [-0.4, -0.2) is 45.5 Å². The number of nitrogens with one attached hydrogen (secondary N) is 2. The van der Waals surface area contributed by atoms with E-state index in [2.05, 4.69) is 21.4 Å². The Hall–Kier alpha value is -2.43. The molecule has 1 aromatic carbocycles. The first kappa shape index (κ1) is 25.8. The monoisotopic (exact) mass is 466 g/mol. The lowest BCUT2D eigenvalue weighted by Gasteiger charge is -2.15. The Morgan fingerprint density at radius 2 is 1.91 bits per heavy atom. The van der Waals surface area contributed by atoms with Gasteiger partial charge in [-0.25, -0.2) is 13.1 Å². The van der Waals surface area contributed by atoms with Crippen LogP contribution in [0.4, 0.5) is 5.69 Å². The van der Waals surface area contributed by atoms with Crippen molar-refractivity contribution in [3.8, 4) is 0 Å². The Morgan fingerprint density at radius 1 is 1.25 bits per heavy atom. The molecule has 1 aliphatic carbocycles. The molecule has 0 spiro atoms. The Kier molecular flexibility index (Phi) is 9.23. The third-order valence-electron chi connectivity index (χ3n) is 5.68. The number of benzene rings is 1. The van der Waals surface area contributed by atoms with Crippen molar-refractivity contribution in [3.63, 3.8) is 0 Å². The lowest BCUT2D eigenvalue weighted by Crippen LogP contribution is -2.46. The van der Waals surface area contributed by atoms with Gasteiger partial charge in [0.05, 0.1) is 12.8 Å². The number of rotatable bonds is 14. The first-order chi connectivity index (χ1) is 15.2. The second-order valence-corrected chi connectivity index (χ2v) is 9.78. The molecule has 3 atom stereocenters. The molecular weight excluding hydrogens is 432 g/mol. The molecular formula is C22H34N4O5S. The number of amides is 1. The van der Waals surface area contributed by atoms with Gasteiger partial charge in [-0.2, -0.15) is 0 Å². The SMILES string of the molecule is C=C[C@@H]1C[C@]1(N)C(=O)NS(=O)(=O)c1ccccc1NCCCCCCC[C@H](N)C(=O)OC. The predicted octanol–water partition coefficient (Wildman–Crippen LogP) is 1.65. The summed E-state index contributed by atoms with van der Waals surface area (Å²) in [7, 11) is -2.74. The number of carbonyl (C=O) groups is 2. The molecule has 10 heteroatoms. The number of sulfonamides is 1. The fourth-order valence-corrected chi connectivity index (χ4v) is 4.72. The summed E-state index contributed by atoms with van der Waals surface area (Å²) in [6.45, 7) is 4.19. The van der Waals surface area contributed by atoms with Crippen molar-refractivity contribution in [2.24, 2.45) is 17.4 Å². The molecule has 0 radical (unpaired) electrons. The van der Waals surface area contributed by atoms with Gasteiger partial charge in [0.15, 0.2) is 0 Å². The molecule has 1 aliphatic rings. The lowest BCUT2D eigenvalue weighted by atomic mass is 10.1. The Labute approximate surface area is 190 Å². The van der Waals surface area contributed by atoms with Crippen LogP contribution in [-0.2, 0) is 24.3 Å². The number of para-hydroxylation sites is 1. The van der Waals surface area contributed by atoms with Crippen LogP contribution in [0.15, 0.2) is 41.8 Å². The minimum absolute atomic E-state index is 0.00421. The molecule has 9 nitrogen and oxygen atoms in total. The molecule has 2 rings (SSSR count). The van der Waals surface area contributed by atoms with E-state index in [1.54, 1.807) is 24.3 Å². The number of nitrogens with two attached hydrogens (primary N) is 2. The second-order valence-electron chi connectivity index (χ2n) is 8.13.